The van der Waals surface area contributed by atoms with E-state index in [0.29, 0.717) is 11.3 Å². The Bertz CT molecular complexity index is 728. The second kappa shape index (κ2) is 7.26. The SMILES string of the molecule is CNC(=O)Cn1cc(NC(=O)c2ccc3c(c2)CNC3)cn1.Cl. The van der Waals surface area contributed by atoms with Gasteiger partial charge in [-0.3, -0.25) is 14.3 Å². The highest BCUT2D eigenvalue weighted by molar-refractivity contribution is 6.04. The molecule has 0 unspecified atom stereocenters. The number of carbonyl (C=O) groups excluding carboxylic acids is 2. The second-order valence-corrected chi connectivity index (χ2v) is 5.14. The molecule has 122 valence electrons. The summed E-state index contributed by atoms with van der Waals surface area (Å²) in [6.07, 6.45) is 3.15. The van der Waals surface area contributed by atoms with Gasteiger partial charge in [-0.05, 0) is 23.3 Å². The molecule has 1 aliphatic rings. The number of benzene rings is 1. The zero-order valence-electron chi connectivity index (χ0n) is 12.6. The first-order chi connectivity index (χ1) is 10.7. The fourth-order valence-electron chi connectivity index (χ4n) is 2.38. The normalized spacial score (nSPS) is 12.2. The number of carbonyl (C=O) groups is 2. The van der Waals surface area contributed by atoms with E-state index in [9.17, 15) is 9.59 Å². The zero-order chi connectivity index (χ0) is 15.5. The number of amides is 2. The van der Waals surface area contributed by atoms with Crippen molar-refractivity contribution in [2.24, 2.45) is 0 Å². The number of fused-ring (bicyclic) bond motifs is 1. The molecule has 7 nitrogen and oxygen atoms in total. The summed E-state index contributed by atoms with van der Waals surface area (Å²) >= 11 is 0. The average molecular weight is 336 g/mol. The summed E-state index contributed by atoms with van der Waals surface area (Å²) in [7, 11) is 1.57. The molecule has 2 heterocycles. The van der Waals surface area contributed by atoms with Crippen LogP contribution in [-0.4, -0.2) is 28.6 Å². The number of anilines is 1. The Labute approximate surface area is 139 Å². The molecule has 1 aromatic carbocycles. The van der Waals surface area contributed by atoms with E-state index in [-0.39, 0.29) is 30.8 Å². The number of nitrogens with zero attached hydrogens (tertiary/aromatic N) is 2. The first-order valence-corrected chi connectivity index (χ1v) is 7.02. The van der Waals surface area contributed by atoms with E-state index in [2.05, 4.69) is 21.0 Å². The third-order valence-corrected chi connectivity index (χ3v) is 3.57. The molecule has 3 N–H and O–H groups in total. The lowest BCUT2D eigenvalue weighted by Gasteiger charge is -2.05. The van der Waals surface area contributed by atoms with Crippen molar-refractivity contribution in [3.8, 4) is 0 Å². The van der Waals surface area contributed by atoms with Crippen LogP contribution in [0.4, 0.5) is 5.69 Å². The first-order valence-electron chi connectivity index (χ1n) is 7.02. The van der Waals surface area contributed by atoms with E-state index in [1.54, 1.807) is 13.2 Å². The number of halogens is 1. The molecule has 8 heteroatoms. The highest BCUT2D eigenvalue weighted by Gasteiger charge is 2.14. The van der Waals surface area contributed by atoms with Gasteiger partial charge in [0.1, 0.15) is 6.54 Å². The van der Waals surface area contributed by atoms with Crippen LogP contribution in [0.2, 0.25) is 0 Å². The molecule has 0 radical (unpaired) electrons. The van der Waals surface area contributed by atoms with Crippen LogP contribution in [-0.2, 0) is 24.4 Å². The Balaban J connectivity index is 0.00000192. The van der Waals surface area contributed by atoms with Crippen molar-refractivity contribution in [2.75, 3.05) is 12.4 Å². The lowest BCUT2D eigenvalue weighted by molar-refractivity contribution is -0.121. The maximum absolute atomic E-state index is 12.3. The molecular weight excluding hydrogens is 318 g/mol. The minimum Gasteiger partial charge on any atom is -0.358 e. The van der Waals surface area contributed by atoms with Crippen LogP contribution < -0.4 is 16.0 Å². The van der Waals surface area contributed by atoms with Crippen LogP contribution in [0.5, 0.6) is 0 Å². The molecule has 0 atom stereocenters. The van der Waals surface area contributed by atoms with Gasteiger partial charge in [0.05, 0.1) is 11.9 Å². The van der Waals surface area contributed by atoms with E-state index < -0.39 is 0 Å². The monoisotopic (exact) mass is 335 g/mol. The smallest absolute Gasteiger partial charge is 0.255 e. The second-order valence-electron chi connectivity index (χ2n) is 5.14. The predicted molar refractivity (Wildman–Crippen MR) is 88.5 cm³/mol. The van der Waals surface area contributed by atoms with Gasteiger partial charge < -0.3 is 16.0 Å². The van der Waals surface area contributed by atoms with Gasteiger partial charge in [0.2, 0.25) is 5.91 Å². The fraction of sp³-hybridized carbons (Fsp3) is 0.267. The summed E-state index contributed by atoms with van der Waals surface area (Å²) in [6.45, 7) is 1.76. The predicted octanol–water partition coefficient (Wildman–Crippen LogP) is 0.906. The van der Waals surface area contributed by atoms with Gasteiger partial charge in [0, 0.05) is 31.9 Å². The lowest BCUT2D eigenvalue weighted by Crippen LogP contribution is -2.23. The van der Waals surface area contributed by atoms with Crippen molar-refractivity contribution < 1.29 is 9.59 Å². The Kier molecular flexibility index (Phi) is 5.36. The molecule has 0 fully saturated rings. The highest BCUT2D eigenvalue weighted by atomic mass is 35.5. The van der Waals surface area contributed by atoms with Crippen molar-refractivity contribution in [1.29, 1.82) is 0 Å². The molecule has 0 saturated heterocycles. The van der Waals surface area contributed by atoms with Gasteiger partial charge in [-0.1, -0.05) is 6.07 Å². The summed E-state index contributed by atoms with van der Waals surface area (Å²) in [5.74, 6) is -0.332. The van der Waals surface area contributed by atoms with Crippen LogP contribution >= 0.6 is 12.4 Å². The molecule has 0 aliphatic carbocycles. The highest BCUT2D eigenvalue weighted by Crippen LogP contribution is 2.18. The third kappa shape index (κ3) is 3.88. The first kappa shape index (κ1) is 17.0. The molecule has 0 saturated carbocycles. The van der Waals surface area contributed by atoms with Crippen LogP contribution in [0.15, 0.2) is 30.6 Å². The van der Waals surface area contributed by atoms with Crippen molar-refractivity contribution >= 4 is 29.9 Å². The summed E-state index contributed by atoms with van der Waals surface area (Å²) in [5.41, 5.74) is 3.56. The van der Waals surface area contributed by atoms with Gasteiger partial charge >= 0.3 is 0 Å². The van der Waals surface area contributed by atoms with Crippen molar-refractivity contribution in [1.82, 2.24) is 20.4 Å². The van der Waals surface area contributed by atoms with E-state index in [1.807, 2.05) is 18.2 Å². The number of hydrogen-bond donors (Lipinski definition) is 3. The quantitative estimate of drug-likeness (QED) is 0.775. The van der Waals surface area contributed by atoms with Gasteiger partial charge in [0.15, 0.2) is 0 Å². The molecule has 1 aromatic heterocycles. The van der Waals surface area contributed by atoms with E-state index in [1.165, 1.54) is 16.4 Å². The molecule has 2 amide bonds. The average Bonchev–Trinajstić information content (AvgIpc) is 3.15. The molecule has 1 aliphatic heterocycles. The van der Waals surface area contributed by atoms with Crippen LogP contribution in [0.25, 0.3) is 0 Å². The molecule has 0 bridgehead atoms. The minimum absolute atomic E-state index is 0. The summed E-state index contributed by atoms with van der Waals surface area (Å²) in [5, 5.41) is 12.6. The maximum Gasteiger partial charge on any atom is 0.255 e. The van der Waals surface area contributed by atoms with Gasteiger partial charge in [-0.25, -0.2) is 0 Å². The van der Waals surface area contributed by atoms with E-state index in [4.69, 9.17) is 0 Å². The number of aromatic nitrogens is 2. The number of likely N-dealkylation sites (N-methyl/N-ethyl adjacent to an activating group) is 1. The minimum atomic E-state index is -0.186. The molecule has 2 aromatic rings. The Hall–Kier alpha value is -2.38. The number of hydrogen-bond acceptors (Lipinski definition) is 4. The summed E-state index contributed by atoms with van der Waals surface area (Å²) in [6, 6.07) is 5.69. The molecule has 23 heavy (non-hydrogen) atoms. The summed E-state index contributed by atoms with van der Waals surface area (Å²) in [4.78, 5) is 23.5. The van der Waals surface area contributed by atoms with Crippen molar-refractivity contribution in [2.45, 2.75) is 19.6 Å². The third-order valence-electron chi connectivity index (χ3n) is 3.57. The standard InChI is InChI=1S/C15H17N5O2.ClH/c1-16-14(21)9-20-8-13(7-18-20)19-15(22)10-2-3-11-5-17-6-12(11)4-10;/h2-4,7-8,17H,5-6,9H2,1H3,(H,16,21)(H,19,22);1H. The van der Waals surface area contributed by atoms with Crippen molar-refractivity contribution in [3.63, 3.8) is 0 Å². The van der Waals surface area contributed by atoms with Crippen LogP contribution in [0.1, 0.15) is 21.5 Å². The Morgan fingerprint density at radius 1 is 1.30 bits per heavy atom. The Morgan fingerprint density at radius 3 is 2.87 bits per heavy atom. The Morgan fingerprint density at radius 2 is 2.09 bits per heavy atom. The number of nitrogens with one attached hydrogen (secondary N) is 3. The van der Waals surface area contributed by atoms with Crippen LogP contribution in [0.3, 0.4) is 0 Å². The van der Waals surface area contributed by atoms with Crippen molar-refractivity contribution in [3.05, 3.63) is 47.3 Å². The fourth-order valence-corrected chi connectivity index (χ4v) is 2.38. The van der Waals surface area contributed by atoms with Gasteiger partial charge in [0.25, 0.3) is 5.91 Å². The zero-order valence-corrected chi connectivity index (χ0v) is 13.4. The largest absolute Gasteiger partial charge is 0.358 e. The van der Waals surface area contributed by atoms with Gasteiger partial charge in [-0.15, -0.1) is 12.4 Å². The molecular formula is C15H18ClN5O2. The lowest BCUT2D eigenvalue weighted by atomic mass is 10.1. The number of rotatable bonds is 4. The molecule has 0 spiro atoms. The summed E-state index contributed by atoms with van der Waals surface area (Å²) < 4.78 is 1.47. The van der Waals surface area contributed by atoms with E-state index >= 15 is 0 Å². The maximum atomic E-state index is 12.3. The van der Waals surface area contributed by atoms with Crippen LogP contribution in [0, 0.1) is 0 Å². The molecule has 3 rings (SSSR count). The van der Waals surface area contributed by atoms with E-state index in [0.717, 1.165) is 18.7 Å². The van der Waals surface area contributed by atoms with Gasteiger partial charge in [-0.2, -0.15) is 5.10 Å². The topological polar surface area (TPSA) is 88.0 Å².